The van der Waals surface area contributed by atoms with Gasteiger partial charge in [-0.3, -0.25) is 0 Å². The van der Waals surface area contributed by atoms with E-state index in [1.54, 1.807) is 13.1 Å². The number of anilines is 1. The highest BCUT2D eigenvalue weighted by molar-refractivity contribution is 5.44. The summed E-state index contributed by atoms with van der Waals surface area (Å²) in [6, 6.07) is 4.49. The molecule has 0 radical (unpaired) electrons. The van der Waals surface area contributed by atoms with Gasteiger partial charge in [-0.15, -0.1) is 0 Å². The maximum atomic E-state index is 9.62. The van der Waals surface area contributed by atoms with Crippen molar-refractivity contribution in [2.75, 3.05) is 11.4 Å². The Hall–Kier alpha value is -1.09. The normalized spacial score (nSPS) is 22.2. The van der Waals surface area contributed by atoms with E-state index in [9.17, 15) is 5.11 Å². The predicted molar refractivity (Wildman–Crippen MR) is 70.1 cm³/mol. The van der Waals surface area contributed by atoms with Crippen molar-refractivity contribution in [1.29, 1.82) is 0 Å². The van der Waals surface area contributed by atoms with Crippen molar-refractivity contribution in [2.24, 2.45) is 5.92 Å². The number of rotatable bonds is 3. The summed E-state index contributed by atoms with van der Waals surface area (Å²) in [5.41, 5.74) is 0.949. The third kappa shape index (κ3) is 2.60. The summed E-state index contributed by atoms with van der Waals surface area (Å²) < 4.78 is 0. The van der Waals surface area contributed by atoms with Crippen LogP contribution in [0.3, 0.4) is 0 Å². The van der Waals surface area contributed by atoms with Crippen molar-refractivity contribution in [3.05, 3.63) is 23.9 Å². The Morgan fingerprint density at radius 3 is 2.82 bits per heavy atom. The molecule has 0 aromatic carbocycles. The van der Waals surface area contributed by atoms with Gasteiger partial charge < -0.3 is 10.0 Å². The molecule has 2 rings (SSSR count). The molecular formula is C14H22N2O. The van der Waals surface area contributed by atoms with Crippen molar-refractivity contribution >= 4 is 5.82 Å². The lowest BCUT2D eigenvalue weighted by molar-refractivity contribution is 0.199. The largest absolute Gasteiger partial charge is 0.389 e. The molecule has 2 atom stereocenters. The molecule has 0 saturated carbocycles. The molecule has 94 valence electrons. The second-order valence-corrected chi connectivity index (χ2v) is 5.27. The van der Waals surface area contributed by atoms with E-state index in [2.05, 4.69) is 23.7 Å². The second-order valence-electron chi connectivity index (χ2n) is 5.27. The lowest BCUT2D eigenvalue weighted by Crippen LogP contribution is -2.34. The molecule has 1 aromatic heterocycles. The zero-order valence-corrected chi connectivity index (χ0v) is 10.9. The van der Waals surface area contributed by atoms with E-state index in [1.807, 2.05) is 12.1 Å². The molecule has 17 heavy (non-hydrogen) atoms. The Balaban J connectivity index is 2.24. The van der Waals surface area contributed by atoms with Crippen molar-refractivity contribution in [3.8, 4) is 0 Å². The molecule has 1 N–H and O–H groups in total. The molecule has 1 aromatic rings. The van der Waals surface area contributed by atoms with Crippen LogP contribution >= 0.6 is 0 Å². The zero-order valence-electron chi connectivity index (χ0n) is 10.9. The average molecular weight is 234 g/mol. The van der Waals surface area contributed by atoms with E-state index in [-0.39, 0.29) is 0 Å². The standard InChI is InChI=1S/C14H22N2O/c1-10(2)13-5-4-8-16(13)14-9-12(11(3)17)6-7-15-14/h6-7,9-11,13,17H,4-5,8H2,1-3H3/t11-,13?/m1/s1. The highest BCUT2D eigenvalue weighted by atomic mass is 16.3. The van der Waals surface area contributed by atoms with Crippen molar-refractivity contribution in [3.63, 3.8) is 0 Å². The fraction of sp³-hybridized carbons (Fsp3) is 0.643. The SMILES string of the molecule is CC(C)C1CCCN1c1cc([C@@H](C)O)ccn1. The van der Waals surface area contributed by atoms with E-state index < -0.39 is 6.10 Å². The summed E-state index contributed by atoms with van der Waals surface area (Å²) in [6.07, 6.45) is 3.87. The monoisotopic (exact) mass is 234 g/mol. The topological polar surface area (TPSA) is 36.4 Å². The third-order valence-corrected chi connectivity index (χ3v) is 3.62. The number of aliphatic hydroxyl groups is 1. The lowest BCUT2D eigenvalue weighted by atomic mass is 10.0. The van der Waals surface area contributed by atoms with Gasteiger partial charge in [0, 0.05) is 18.8 Å². The summed E-state index contributed by atoms with van der Waals surface area (Å²) in [5, 5.41) is 9.62. The molecule has 0 spiro atoms. The van der Waals surface area contributed by atoms with Crippen LogP contribution < -0.4 is 4.90 Å². The maximum absolute atomic E-state index is 9.62. The minimum absolute atomic E-state index is 0.420. The molecule has 3 nitrogen and oxygen atoms in total. The fourth-order valence-electron chi connectivity index (χ4n) is 2.62. The molecule has 0 amide bonds. The van der Waals surface area contributed by atoms with Crippen LogP contribution in [0.1, 0.15) is 45.3 Å². The fourth-order valence-corrected chi connectivity index (χ4v) is 2.62. The number of nitrogens with zero attached hydrogens (tertiary/aromatic N) is 2. The van der Waals surface area contributed by atoms with Gasteiger partial charge in [-0.2, -0.15) is 0 Å². The van der Waals surface area contributed by atoms with Crippen LogP contribution in [0.4, 0.5) is 5.82 Å². The van der Waals surface area contributed by atoms with Crippen molar-refractivity contribution < 1.29 is 5.11 Å². The average Bonchev–Trinajstić information content (AvgIpc) is 2.78. The molecule has 2 heterocycles. The van der Waals surface area contributed by atoms with E-state index in [0.29, 0.717) is 12.0 Å². The highest BCUT2D eigenvalue weighted by Crippen LogP contribution is 2.29. The minimum atomic E-state index is -0.420. The molecule has 1 unspecified atom stereocenters. The summed E-state index contributed by atoms with van der Waals surface area (Å²) >= 11 is 0. The molecule has 1 saturated heterocycles. The molecule has 0 bridgehead atoms. The number of aliphatic hydroxyl groups excluding tert-OH is 1. The van der Waals surface area contributed by atoms with Gasteiger partial charge in [0.25, 0.3) is 0 Å². The van der Waals surface area contributed by atoms with Crippen LogP contribution in [-0.4, -0.2) is 22.7 Å². The Labute approximate surface area is 103 Å². The van der Waals surface area contributed by atoms with Gasteiger partial charge >= 0.3 is 0 Å². The number of hydrogen-bond acceptors (Lipinski definition) is 3. The summed E-state index contributed by atoms with van der Waals surface area (Å²) in [4.78, 5) is 6.84. The Bertz CT molecular complexity index is 376. The van der Waals surface area contributed by atoms with E-state index >= 15 is 0 Å². The number of pyridine rings is 1. The van der Waals surface area contributed by atoms with Crippen LogP contribution in [0.15, 0.2) is 18.3 Å². The predicted octanol–water partition coefficient (Wildman–Crippen LogP) is 2.76. The quantitative estimate of drug-likeness (QED) is 0.873. The highest BCUT2D eigenvalue weighted by Gasteiger charge is 2.28. The first kappa shape index (κ1) is 12.4. The Kier molecular flexibility index (Phi) is 3.67. The molecular weight excluding hydrogens is 212 g/mol. The summed E-state index contributed by atoms with van der Waals surface area (Å²) in [7, 11) is 0. The first-order valence-corrected chi connectivity index (χ1v) is 6.50. The third-order valence-electron chi connectivity index (χ3n) is 3.62. The van der Waals surface area contributed by atoms with Gasteiger partial charge in [0.2, 0.25) is 0 Å². The van der Waals surface area contributed by atoms with Crippen LogP contribution in [-0.2, 0) is 0 Å². The van der Waals surface area contributed by atoms with Gasteiger partial charge in [0.05, 0.1) is 6.10 Å². The molecule has 3 heteroatoms. The van der Waals surface area contributed by atoms with Crippen LogP contribution in [0.25, 0.3) is 0 Å². The summed E-state index contributed by atoms with van der Waals surface area (Å²) in [6.45, 7) is 7.41. The van der Waals surface area contributed by atoms with Gasteiger partial charge in [0.1, 0.15) is 5.82 Å². The van der Waals surface area contributed by atoms with Crippen LogP contribution in [0.5, 0.6) is 0 Å². The van der Waals surface area contributed by atoms with E-state index in [0.717, 1.165) is 17.9 Å². The Morgan fingerprint density at radius 1 is 1.41 bits per heavy atom. The lowest BCUT2D eigenvalue weighted by Gasteiger charge is -2.29. The van der Waals surface area contributed by atoms with E-state index in [4.69, 9.17) is 0 Å². The first-order valence-electron chi connectivity index (χ1n) is 6.50. The molecule has 1 aliphatic rings. The minimum Gasteiger partial charge on any atom is -0.389 e. The smallest absolute Gasteiger partial charge is 0.129 e. The molecule has 1 fully saturated rings. The Morgan fingerprint density at radius 2 is 2.18 bits per heavy atom. The van der Waals surface area contributed by atoms with Crippen molar-refractivity contribution in [2.45, 2.75) is 45.8 Å². The van der Waals surface area contributed by atoms with Gasteiger partial charge in [0.15, 0.2) is 0 Å². The first-order chi connectivity index (χ1) is 8.09. The summed E-state index contributed by atoms with van der Waals surface area (Å²) in [5.74, 6) is 1.66. The molecule has 1 aliphatic heterocycles. The number of aromatic nitrogens is 1. The second kappa shape index (κ2) is 5.05. The van der Waals surface area contributed by atoms with Gasteiger partial charge in [-0.1, -0.05) is 13.8 Å². The maximum Gasteiger partial charge on any atom is 0.129 e. The van der Waals surface area contributed by atoms with E-state index in [1.165, 1.54) is 12.8 Å². The van der Waals surface area contributed by atoms with Gasteiger partial charge in [-0.05, 0) is 43.4 Å². The molecule has 0 aliphatic carbocycles. The van der Waals surface area contributed by atoms with Gasteiger partial charge in [-0.25, -0.2) is 4.98 Å². The van der Waals surface area contributed by atoms with Crippen molar-refractivity contribution in [1.82, 2.24) is 4.98 Å². The van der Waals surface area contributed by atoms with Crippen LogP contribution in [0.2, 0.25) is 0 Å². The number of hydrogen-bond donors (Lipinski definition) is 1. The zero-order chi connectivity index (χ0) is 12.4. The van der Waals surface area contributed by atoms with Crippen LogP contribution in [0, 0.1) is 5.92 Å².